The summed E-state index contributed by atoms with van der Waals surface area (Å²) in [7, 11) is -5.08. The summed E-state index contributed by atoms with van der Waals surface area (Å²) in [5, 5.41) is 3.57. The lowest BCUT2D eigenvalue weighted by Crippen LogP contribution is -2.50. The van der Waals surface area contributed by atoms with Crippen molar-refractivity contribution in [2.24, 2.45) is 0 Å². The molecule has 31 heavy (non-hydrogen) atoms. The van der Waals surface area contributed by atoms with Crippen molar-refractivity contribution in [2.45, 2.75) is 52.9 Å². The molecule has 0 aliphatic carbocycles. The Morgan fingerprint density at radius 2 is 1.65 bits per heavy atom. The Kier molecular flexibility index (Phi) is 5.81. The van der Waals surface area contributed by atoms with Crippen LogP contribution in [0.25, 0.3) is 0 Å². The first-order valence-electron chi connectivity index (χ1n) is 8.48. The Morgan fingerprint density at radius 1 is 1.06 bits per heavy atom. The van der Waals surface area contributed by atoms with Gasteiger partial charge in [-0.3, -0.25) is 0 Å². The molecule has 1 aromatic carbocycles. The van der Waals surface area contributed by atoms with Gasteiger partial charge in [-0.2, -0.15) is 35.5 Å². The van der Waals surface area contributed by atoms with Gasteiger partial charge in [0.2, 0.25) is 14.9 Å². The van der Waals surface area contributed by atoms with Crippen LogP contribution in [0.5, 0.6) is 0 Å². The number of aromatic nitrogens is 3. The van der Waals surface area contributed by atoms with E-state index >= 15 is 0 Å². The van der Waals surface area contributed by atoms with Crippen molar-refractivity contribution in [1.29, 1.82) is 0 Å². The van der Waals surface area contributed by atoms with E-state index in [0.717, 1.165) is 12.1 Å². The van der Waals surface area contributed by atoms with Gasteiger partial charge in [-0.15, -0.1) is 21.8 Å². The van der Waals surface area contributed by atoms with E-state index in [-0.39, 0.29) is 17.8 Å². The number of sulfone groups is 1. The Balaban J connectivity index is 2.25. The van der Waals surface area contributed by atoms with Crippen molar-refractivity contribution in [1.82, 2.24) is 15.0 Å². The lowest BCUT2D eigenvalue weighted by Gasteiger charge is -2.27. The summed E-state index contributed by atoms with van der Waals surface area (Å²) in [6.07, 6.45) is -8.00. The predicted molar refractivity (Wildman–Crippen MR) is 90.8 cm³/mol. The van der Waals surface area contributed by atoms with Gasteiger partial charge in [0.25, 0.3) is 0 Å². The van der Waals surface area contributed by atoms with Crippen LogP contribution in [0.2, 0.25) is 0 Å². The molecule has 1 aromatic heterocycles. The molecule has 0 saturated carbocycles. The van der Waals surface area contributed by atoms with E-state index in [1.807, 2.05) is 0 Å². The highest BCUT2D eigenvalue weighted by atomic mass is 35.5. The van der Waals surface area contributed by atoms with Crippen LogP contribution in [0.15, 0.2) is 34.2 Å². The van der Waals surface area contributed by atoms with Gasteiger partial charge in [-0.1, -0.05) is 17.7 Å². The monoisotopic (exact) mass is 495 g/mol. The Morgan fingerprint density at radius 3 is 2.13 bits per heavy atom. The SMILES string of the molecule is Cc1ccc(S(=O)(=O)c2nn([C@@H]3OCC[C@H]3Cl)nc2C(F)(F)C(F)(F)C(F)(F)F)cc1. The third-order valence-electron chi connectivity index (χ3n) is 4.45. The Bertz CT molecular complexity index is 1070. The van der Waals surface area contributed by atoms with Crippen molar-refractivity contribution >= 4 is 21.4 Å². The highest BCUT2D eigenvalue weighted by Crippen LogP contribution is 2.52. The maximum Gasteiger partial charge on any atom is 0.460 e. The zero-order chi connectivity index (χ0) is 23.4. The van der Waals surface area contributed by atoms with E-state index in [0.29, 0.717) is 5.56 Å². The summed E-state index contributed by atoms with van der Waals surface area (Å²) in [6, 6.07) is 4.47. The van der Waals surface area contributed by atoms with Crippen LogP contribution in [0.4, 0.5) is 30.7 Å². The number of nitrogens with zero attached hydrogens (tertiary/aromatic N) is 3. The molecule has 172 valence electrons. The van der Waals surface area contributed by atoms with E-state index in [9.17, 15) is 39.2 Å². The molecular formula is C16H13ClF7N3O3S. The quantitative estimate of drug-likeness (QED) is 0.458. The van der Waals surface area contributed by atoms with Gasteiger partial charge < -0.3 is 4.74 Å². The molecule has 0 unspecified atom stereocenters. The van der Waals surface area contributed by atoms with Gasteiger partial charge in [-0.05, 0) is 25.5 Å². The smallest absolute Gasteiger partial charge is 0.353 e. The van der Waals surface area contributed by atoms with Crippen LogP contribution in [-0.2, 0) is 20.5 Å². The number of benzene rings is 1. The molecule has 0 N–H and O–H groups in total. The van der Waals surface area contributed by atoms with Gasteiger partial charge >= 0.3 is 18.0 Å². The van der Waals surface area contributed by atoms with Crippen molar-refractivity contribution in [2.75, 3.05) is 6.61 Å². The van der Waals surface area contributed by atoms with Crippen LogP contribution in [0, 0.1) is 6.92 Å². The second-order valence-electron chi connectivity index (χ2n) is 6.70. The van der Waals surface area contributed by atoms with E-state index in [4.69, 9.17) is 16.3 Å². The molecule has 3 rings (SSSR count). The van der Waals surface area contributed by atoms with Gasteiger partial charge in [0.05, 0.1) is 16.9 Å². The fraction of sp³-hybridized carbons (Fsp3) is 0.500. The maximum absolute atomic E-state index is 14.5. The largest absolute Gasteiger partial charge is 0.460 e. The predicted octanol–water partition coefficient (Wildman–Crippen LogP) is 4.24. The summed E-state index contributed by atoms with van der Waals surface area (Å²) in [4.78, 5) is -0.478. The van der Waals surface area contributed by atoms with Gasteiger partial charge in [0.15, 0.2) is 11.9 Å². The second-order valence-corrected chi connectivity index (χ2v) is 9.13. The molecule has 0 spiro atoms. The minimum Gasteiger partial charge on any atom is -0.353 e. The third-order valence-corrected chi connectivity index (χ3v) is 6.56. The summed E-state index contributed by atoms with van der Waals surface area (Å²) >= 11 is 5.91. The number of aryl methyl sites for hydroxylation is 1. The van der Waals surface area contributed by atoms with Crippen LogP contribution >= 0.6 is 11.6 Å². The number of rotatable bonds is 5. The first-order valence-corrected chi connectivity index (χ1v) is 10.4. The average Bonchev–Trinajstić information content (AvgIpc) is 3.27. The van der Waals surface area contributed by atoms with Gasteiger partial charge in [-0.25, -0.2) is 8.42 Å². The fourth-order valence-corrected chi connectivity index (χ4v) is 4.31. The average molecular weight is 496 g/mol. The summed E-state index contributed by atoms with van der Waals surface area (Å²) in [5.74, 6) is -12.7. The highest BCUT2D eigenvalue weighted by Gasteiger charge is 2.75. The molecule has 1 aliphatic rings. The summed E-state index contributed by atoms with van der Waals surface area (Å²) < 4.78 is 125. The normalized spacial score (nSPS) is 20.9. The minimum absolute atomic E-state index is 0.0230. The molecule has 1 aliphatic heterocycles. The molecule has 0 amide bonds. The van der Waals surface area contributed by atoms with Gasteiger partial charge in [0, 0.05) is 0 Å². The second kappa shape index (κ2) is 7.59. The maximum atomic E-state index is 14.5. The van der Waals surface area contributed by atoms with E-state index < -0.39 is 55.1 Å². The van der Waals surface area contributed by atoms with E-state index in [2.05, 4.69) is 10.2 Å². The van der Waals surface area contributed by atoms with Crippen LogP contribution in [0.1, 0.15) is 23.9 Å². The van der Waals surface area contributed by atoms with Crippen molar-refractivity contribution < 1.29 is 43.9 Å². The van der Waals surface area contributed by atoms with Crippen LogP contribution in [0.3, 0.4) is 0 Å². The molecule has 1 fully saturated rings. The zero-order valence-corrected chi connectivity index (χ0v) is 16.9. The molecule has 2 heterocycles. The first-order chi connectivity index (χ1) is 14.1. The molecule has 0 radical (unpaired) electrons. The Hall–Kier alpha value is -1.93. The lowest BCUT2D eigenvalue weighted by molar-refractivity contribution is -0.361. The lowest BCUT2D eigenvalue weighted by atomic mass is 10.1. The number of hydrogen-bond acceptors (Lipinski definition) is 5. The van der Waals surface area contributed by atoms with Crippen molar-refractivity contribution in [3.05, 3.63) is 35.5 Å². The molecule has 2 aromatic rings. The number of hydrogen-bond donors (Lipinski definition) is 0. The first kappa shape index (κ1) is 23.7. The zero-order valence-electron chi connectivity index (χ0n) is 15.4. The number of ether oxygens (including phenoxy) is 1. The standard InChI is InChI=1S/C16H13ClF7N3O3S/c1-8-2-4-9(5-3-8)31(28,29)12-11(14(18,19)15(20,21)16(22,23)24)25-27(26-12)13-10(17)6-7-30-13/h2-5,10,13H,6-7H2,1H3/t10-,13-/m1/s1. The van der Waals surface area contributed by atoms with Crippen molar-refractivity contribution in [3.63, 3.8) is 0 Å². The van der Waals surface area contributed by atoms with Gasteiger partial charge in [0.1, 0.15) is 0 Å². The van der Waals surface area contributed by atoms with Crippen molar-refractivity contribution in [3.8, 4) is 0 Å². The molecule has 15 heteroatoms. The minimum atomic E-state index is -6.70. The molecule has 2 atom stereocenters. The fourth-order valence-electron chi connectivity index (χ4n) is 2.72. The number of halogens is 8. The molecular weight excluding hydrogens is 483 g/mol. The van der Waals surface area contributed by atoms with Crippen LogP contribution in [-0.4, -0.2) is 47.5 Å². The summed E-state index contributed by atoms with van der Waals surface area (Å²) in [6.45, 7) is 1.55. The van der Waals surface area contributed by atoms with Crippen LogP contribution < -0.4 is 0 Å². The Labute approximate surface area is 175 Å². The summed E-state index contributed by atoms with van der Waals surface area (Å²) in [5.41, 5.74) is -1.80. The molecule has 6 nitrogen and oxygen atoms in total. The van der Waals surface area contributed by atoms with E-state index in [1.54, 1.807) is 6.92 Å². The highest BCUT2D eigenvalue weighted by molar-refractivity contribution is 7.91. The molecule has 0 bridgehead atoms. The topological polar surface area (TPSA) is 74.1 Å². The third kappa shape index (κ3) is 3.89. The number of alkyl halides is 8. The molecule has 1 saturated heterocycles. The van der Waals surface area contributed by atoms with E-state index in [1.165, 1.54) is 12.1 Å².